The molecule has 2 aromatic carbocycles. The zero-order valence-corrected chi connectivity index (χ0v) is 18.2. The van der Waals surface area contributed by atoms with Crippen LogP contribution >= 0.6 is 11.6 Å². The average molecular weight is 439 g/mol. The number of rotatable bonds is 4. The summed E-state index contributed by atoms with van der Waals surface area (Å²) in [5, 5.41) is 2.78. The fourth-order valence-corrected chi connectivity index (χ4v) is 5.49. The molecule has 1 heterocycles. The monoisotopic (exact) mass is 438 g/mol. The highest BCUT2D eigenvalue weighted by Crippen LogP contribution is 2.28. The van der Waals surface area contributed by atoms with E-state index in [1.165, 1.54) is 10.4 Å². The number of benzene rings is 2. The fraction of sp³-hybridized carbons (Fsp3) is 0.381. The number of hydrogen-bond donors (Lipinski definition) is 1. The van der Waals surface area contributed by atoms with Crippen LogP contribution in [0.1, 0.15) is 29.5 Å². The molecule has 0 aliphatic carbocycles. The molecule has 0 unspecified atom stereocenters. The molecule has 1 saturated heterocycles. The van der Waals surface area contributed by atoms with Gasteiger partial charge in [0.15, 0.2) is 0 Å². The van der Waals surface area contributed by atoms with E-state index >= 15 is 0 Å². The predicted molar refractivity (Wildman–Crippen MR) is 112 cm³/mol. The summed E-state index contributed by atoms with van der Waals surface area (Å²) in [7, 11) is -3.78. The first-order valence-corrected chi connectivity index (χ1v) is 11.3. The van der Waals surface area contributed by atoms with Crippen LogP contribution in [0.5, 0.6) is 0 Å². The quantitative estimate of drug-likeness (QED) is 0.767. The highest BCUT2D eigenvalue weighted by molar-refractivity contribution is 7.89. The van der Waals surface area contributed by atoms with E-state index in [2.05, 4.69) is 5.32 Å². The SMILES string of the molecule is Cc1cc(C)c(NC(=O)C2CCN(S(=O)(=O)c3ccc(F)c(Cl)c3)CC2)c(C)c1. The Kier molecular flexibility index (Phi) is 6.31. The second-order valence-corrected chi connectivity index (χ2v) is 9.86. The van der Waals surface area contributed by atoms with Gasteiger partial charge in [0.1, 0.15) is 5.82 Å². The van der Waals surface area contributed by atoms with Crippen LogP contribution in [0.2, 0.25) is 5.02 Å². The van der Waals surface area contributed by atoms with Crippen molar-refractivity contribution in [2.45, 2.75) is 38.5 Å². The second-order valence-electron chi connectivity index (χ2n) is 7.52. The molecule has 1 aliphatic rings. The zero-order chi connectivity index (χ0) is 21.3. The number of nitrogens with one attached hydrogen (secondary N) is 1. The number of aryl methyl sites for hydroxylation is 3. The number of hydrogen-bond acceptors (Lipinski definition) is 3. The third-order valence-electron chi connectivity index (χ3n) is 5.28. The number of amides is 1. The smallest absolute Gasteiger partial charge is 0.243 e. The third-order valence-corrected chi connectivity index (χ3v) is 7.46. The molecule has 0 radical (unpaired) electrons. The molecule has 0 spiro atoms. The lowest BCUT2D eigenvalue weighted by Crippen LogP contribution is -2.41. The lowest BCUT2D eigenvalue weighted by atomic mass is 9.96. The summed E-state index contributed by atoms with van der Waals surface area (Å²) in [5.74, 6) is -1.03. The Labute approximate surface area is 175 Å². The van der Waals surface area contributed by atoms with E-state index in [-0.39, 0.29) is 34.8 Å². The summed E-state index contributed by atoms with van der Waals surface area (Å²) in [6.45, 7) is 6.37. The molecule has 0 bridgehead atoms. The lowest BCUT2D eigenvalue weighted by Gasteiger charge is -2.30. The van der Waals surface area contributed by atoms with Gasteiger partial charge in [-0.05, 0) is 62.9 Å². The average Bonchev–Trinajstić information content (AvgIpc) is 2.66. The van der Waals surface area contributed by atoms with Gasteiger partial charge < -0.3 is 5.32 Å². The van der Waals surface area contributed by atoms with Crippen LogP contribution in [-0.4, -0.2) is 31.7 Å². The second kappa shape index (κ2) is 8.42. The van der Waals surface area contributed by atoms with Gasteiger partial charge in [0, 0.05) is 24.7 Å². The van der Waals surface area contributed by atoms with Gasteiger partial charge in [-0.2, -0.15) is 4.31 Å². The molecule has 1 N–H and O–H groups in total. The van der Waals surface area contributed by atoms with Crippen molar-refractivity contribution >= 4 is 33.2 Å². The number of anilines is 1. The lowest BCUT2D eigenvalue weighted by molar-refractivity contribution is -0.120. The van der Waals surface area contributed by atoms with Gasteiger partial charge in [0.05, 0.1) is 9.92 Å². The Morgan fingerprint density at radius 1 is 1.10 bits per heavy atom. The Balaban J connectivity index is 1.67. The summed E-state index contributed by atoms with van der Waals surface area (Å²) < 4.78 is 40.2. The summed E-state index contributed by atoms with van der Waals surface area (Å²) in [6, 6.07) is 7.41. The van der Waals surface area contributed by atoms with Crippen LogP contribution in [0.25, 0.3) is 0 Å². The highest BCUT2D eigenvalue weighted by Gasteiger charge is 2.32. The molecular formula is C21H24ClFN2O3S. The van der Waals surface area contributed by atoms with E-state index in [0.29, 0.717) is 12.8 Å². The van der Waals surface area contributed by atoms with Crippen LogP contribution in [0.15, 0.2) is 35.2 Å². The van der Waals surface area contributed by atoms with E-state index in [1.807, 2.05) is 32.9 Å². The van der Waals surface area contributed by atoms with E-state index in [4.69, 9.17) is 11.6 Å². The van der Waals surface area contributed by atoms with Gasteiger partial charge in [0.25, 0.3) is 0 Å². The molecule has 1 fully saturated rings. The molecule has 1 amide bonds. The maximum Gasteiger partial charge on any atom is 0.243 e. The summed E-state index contributed by atoms with van der Waals surface area (Å²) in [4.78, 5) is 12.7. The number of halogens is 2. The largest absolute Gasteiger partial charge is 0.325 e. The molecule has 156 valence electrons. The first-order chi connectivity index (χ1) is 13.6. The standard InChI is InChI=1S/C21H24ClFN2O3S/c1-13-10-14(2)20(15(3)11-13)24-21(26)16-6-8-25(9-7-16)29(27,28)17-4-5-19(23)18(22)12-17/h4-5,10-12,16H,6-9H2,1-3H3,(H,24,26). The Morgan fingerprint density at radius 2 is 1.69 bits per heavy atom. The van der Waals surface area contributed by atoms with Crippen molar-refractivity contribution in [1.29, 1.82) is 0 Å². The van der Waals surface area contributed by atoms with Crippen LogP contribution < -0.4 is 5.32 Å². The summed E-state index contributed by atoms with van der Waals surface area (Å²) >= 11 is 5.72. The van der Waals surface area contributed by atoms with Gasteiger partial charge in [-0.15, -0.1) is 0 Å². The van der Waals surface area contributed by atoms with Crippen LogP contribution in [0.4, 0.5) is 10.1 Å². The molecule has 0 saturated carbocycles. The minimum absolute atomic E-state index is 0.0438. The highest BCUT2D eigenvalue weighted by atomic mass is 35.5. The number of sulfonamides is 1. The molecule has 0 aromatic heterocycles. The van der Waals surface area contributed by atoms with Gasteiger partial charge >= 0.3 is 0 Å². The van der Waals surface area contributed by atoms with E-state index in [1.54, 1.807) is 0 Å². The molecule has 1 aliphatic heterocycles. The minimum Gasteiger partial charge on any atom is -0.325 e. The van der Waals surface area contributed by atoms with E-state index in [9.17, 15) is 17.6 Å². The van der Waals surface area contributed by atoms with Crippen molar-refractivity contribution in [3.05, 3.63) is 57.9 Å². The number of piperidine rings is 1. The van der Waals surface area contributed by atoms with E-state index in [0.717, 1.165) is 34.5 Å². The maximum atomic E-state index is 13.3. The number of carbonyl (C=O) groups is 1. The van der Waals surface area contributed by atoms with Crippen molar-refractivity contribution < 1.29 is 17.6 Å². The summed E-state index contributed by atoms with van der Waals surface area (Å²) in [5.41, 5.74) is 3.96. The van der Waals surface area contributed by atoms with Crippen molar-refractivity contribution in [3.8, 4) is 0 Å². The van der Waals surface area contributed by atoms with Gasteiger partial charge in [-0.25, -0.2) is 12.8 Å². The molecule has 8 heteroatoms. The van der Waals surface area contributed by atoms with Crippen molar-refractivity contribution in [2.24, 2.45) is 5.92 Å². The van der Waals surface area contributed by atoms with Crippen molar-refractivity contribution in [1.82, 2.24) is 4.31 Å². The summed E-state index contributed by atoms with van der Waals surface area (Å²) in [6.07, 6.45) is 0.841. The molecule has 2 aromatic rings. The zero-order valence-electron chi connectivity index (χ0n) is 16.6. The molecule has 29 heavy (non-hydrogen) atoms. The maximum absolute atomic E-state index is 13.3. The van der Waals surface area contributed by atoms with Crippen molar-refractivity contribution in [3.63, 3.8) is 0 Å². The Morgan fingerprint density at radius 3 is 2.24 bits per heavy atom. The first kappa shape index (κ1) is 21.7. The number of nitrogens with zero attached hydrogens (tertiary/aromatic N) is 1. The normalized spacial score (nSPS) is 16.0. The van der Waals surface area contributed by atoms with Gasteiger partial charge in [0.2, 0.25) is 15.9 Å². The molecule has 3 rings (SSSR count). The third kappa shape index (κ3) is 4.63. The predicted octanol–water partition coefficient (Wildman–Crippen LogP) is 4.44. The van der Waals surface area contributed by atoms with Gasteiger partial charge in [-0.3, -0.25) is 4.79 Å². The van der Waals surface area contributed by atoms with Crippen LogP contribution in [0.3, 0.4) is 0 Å². The molecule has 5 nitrogen and oxygen atoms in total. The van der Waals surface area contributed by atoms with Crippen LogP contribution in [-0.2, 0) is 14.8 Å². The topological polar surface area (TPSA) is 66.5 Å². The number of carbonyl (C=O) groups excluding carboxylic acids is 1. The Bertz CT molecular complexity index is 1020. The van der Waals surface area contributed by atoms with Crippen LogP contribution in [0, 0.1) is 32.5 Å². The first-order valence-electron chi connectivity index (χ1n) is 9.43. The van der Waals surface area contributed by atoms with Crippen molar-refractivity contribution in [2.75, 3.05) is 18.4 Å². The fourth-order valence-electron chi connectivity index (χ4n) is 3.75. The van der Waals surface area contributed by atoms with E-state index < -0.39 is 15.8 Å². The molecule has 0 atom stereocenters. The Hall–Kier alpha value is -1.96. The molecular weight excluding hydrogens is 415 g/mol. The minimum atomic E-state index is -3.78. The van der Waals surface area contributed by atoms with Gasteiger partial charge in [-0.1, -0.05) is 29.3 Å².